The number of anilines is 1. The molecule has 110 valence electrons. The van der Waals surface area contributed by atoms with Crippen LogP contribution in [-0.4, -0.2) is 33.8 Å². The summed E-state index contributed by atoms with van der Waals surface area (Å²) >= 11 is 0. The molecular formula is C14H17N5O2. The van der Waals surface area contributed by atoms with Crippen LogP contribution in [0.5, 0.6) is 0 Å². The van der Waals surface area contributed by atoms with Crippen molar-refractivity contribution in [2.45, 2.75) is 25.9 Å². The van der Waals surface area contributed by atoms with E-state index in [9.17, 15) is 9.59 Å². The highest BCUT2D eigenvalue weighted by Gasteiger charge is 2.35. The molecule has 0 spiro atoms. The maximum Gasteiger partial charge on any atom is 0.249 e. The monoisotopic (exact) mass is 287 g/mol. The second kappa shape index (κ2) is 5.17. The normalized spacial score (nSPS) is 19.1. The Morgan fingerprint density at radius 3 is 2.95 bits per heavy atom. The van der Waals surface area contributed by atoms with Crippen LogP contribution in [0.1, 0.15) is 19.0 Å². The number of piperazine rings is 1. The van der Waals surface area contributed by atoms with Gasteiger partial charge in [0.1, 0.15) is 11.7 Å². The quantitative estimate of drug-likeness (QED) is 0.777. The number of nitrogens with one attached hydrogen (secondary N) is 1. The van der Waals surface area contributed by atoms with Crippen molar-refractivity contribution in [2.24, 2.45) is 5.73 Å². The average Bonchev–Trinajstić information content (AvgIpc) is 2.84. The van der Waals surface area contributed by atoms with E-state index in [0.29, 0.717) is 12.2 Å². The van der Waals surface area contributed by atoms with E-state index >= 15 is 0 Å². The molecule has 0 radical (unpaired) electrons. The zero-order valence-electron chi connectivity index (χ0n) is 11.7. The number of imidazole rings is 1. The molecule has 3 heterocycles. The Kier molecular flexibility index (Phi) is 3.34. The number of rotatable bonds is 3. The molecule has 0 aliphatic carbocycles. The molecule has 1 aliphatic heterocycles. The first-order valence-corrected chi connectivity index (χ1v) is 6.92. The molecule has 3 N–H and O–H groups in total. The number of carbonyl (C=O) groups excluding carboxylic acids is 2. The van der Waals surface area contributed by atoms with E-state index in [0.717, 1.165) is 11.3 Å². The average molecular weight is 287 g/mol. The minimum absolute atomic E-state index is 0.112. The molecule has 1 aliphatic rings. The number of nitrogens with two attached hydrogens (primary N) is 1. The number of fused-ring (bicyclic) bond motifs is 1. The number of amides is 2. The van der Waals surface area contributed by atoms with Gasteiger partial charge in [-0.2, -0.15) is 0 Å². The van der Waals surface area contributed by atoms with Crippen LogP contribution in [0.4, 0.5) is 5.82 Å². The van der Waals surface area contributed by atoms with Crippen molar-refractivity contribution in [1.82, 2.24) is 14.7 Å². The third kappa shape index (κ3) is 2.15. The van der Waals surface area contributed by atoms with E-state index in [-0.39, 0.29) is 24.9 Å². The summed E-state index contributed by atoms with van der Waals surface area (Å²) in [4.78, 5) is 30.0. The summed E-state index contributed by atoms with van der Waals surface area (Å²) in [6, 6.07) is 5.24. The molecule has 7 nitrogen and oxygen atoms in total. The van der Waals surface area contributed by atoms with Gasteiger partial charge in [0.2, 0.25) is 11.8 Å². The van der Waals surface area contributed by atoms with Crippen molar-refractivity contribution >= 4 is 23.3 Å². The maximum absolute atomic E-state index is 12.0. The number of aromatic nitrogens is 2. The second-order valence-corrected chi connectivity index (χ2v) is 4.98. The van der Waals surface area contributed by atoms with Crippen LogP contribution in [0.25, 0.3) is 5.65 Å². The van der Waals surface area contributed by atoms with Crippen molar-refractivity contribution in [3.63, 3.8) is 0 Å². The van der Waals surface area contributed by atoms with Gasteiger partial charge in [-0.3, -0.25) is 14.9 Å². The molecule has 0 saturated carbocycles. The third-order valence-corrected chi connectivity index (χ3v) is 3.72. The van der Waals surface area contributed by atoms with Crippen LogP contribution in [0.3, 0.4) is 0 Å². The summed E-state index contributed by atoms with van der Waals surface area (Å²) in [6.07, 6.45) is 2.47. The summed E-state index contributed by atoms with van der Waals surface area (Å²) < 4.78 is 1.89. The van der Waals surface area contributed by atoms with Gasteiger partial charge in [0.15, 0.2) is 5.82 Å². The lowest BCUT2D eigenvalue weighted by Gasteiger charge is -2.34. The van der Waals surface area contributed by atoms with Crippen molar-refractivity contribution in [3.8, 4) is 0 Å². The predicted octanol–water partition coefficient (Wildman–Crippen LogP) is 0.0344. The van der Waals surface area contributed by atoms with E-state index in [2.05, 4.69) is 10.3 Å². The Labute approximate surface area is 121 Å². The fourth-order valence-corrected chi connectivity index (χ4v) is 2.75. The lowest BCUT2D eigenvalue weighted by molar-refractivity contribution is -0.132. The number of pyridine rings is 1. The Hall–Kier alpha value is -2.41. The minimum Gasteiger partial charge on any atom is -0.334 e. The molecule has 3 rings (SSSR count). The zero-order chi connectivity index (χ0) is 15.0. The molecule has 21 heavy (non-hydrogen) atoms. The summed E-state index contributed by atoms with van der Waals surface area (Å²) in [5, 5.41) is 2.37. The maximum atomic E-state index is 12.0. The predicted molar refractivity (Wildman–Crippen MR) is 77.7 cm³/mol. The summed E-state index contributed by atoms with van der Waals surface area (Å²) in [5.74, 6) is 0.0113. The molecule has 1 atom stereocenters. The van der Waals surface area contributed by atoms with Gasteiger partial charge in [-0.1, -0.05) is 13.0 Å². The fraction of sp³-hybridized carbons (Fsp3) is 0.357. The lowest BCUT2D eigenvalue weighted by atomic mass is 10.1. The molecule has 1 unspecified atom stereocenters. The van der Waals surface area contributed by atoms with Crippen LogP contribution < -0.4 is 16.0 Å². The summed E-state index contributed by atoms with van der Waals surface area (Å²) in [7, 11) is 0. The van der Waals surface area contributed by atoms with E-state index in [1.54, 1.807) is 4.90 Å². The molecule has 0 aromatic carbocycles. The first kappa shape index (κ1) is 13.6. The number of imide groups is 1. The molecule has 2 amide bonds. The smallest absolute Gasteiger partial charge is 0.249 e. The van der Waals surface area contributed by atoms with Crippen molar-refractivity contribution in [2.75, 3.05) is 11.4 Å². The highest BCUT2D eigenvalue weighted by molar-refractivity contribution is 6.04. The van der Waals surface area contributed by atoms with Crippen molar-refractivity contribution in [3.05, 3.63) is 30.1 Å². The first-order valence-electron chi connectivity index (χ1n) is 6.92. The number of hydrogen-bond donors (Lipinski definition) is 2. The van der Waals surface area contributed by atoms with E-state index < -0.39 is 6.04 Å². The largest absolute Gasteiger partial charge is 0.334 e. The van der Waals surface area contributed by atoms with Crippen LogP contribution in [0.15, 0.2) is 24.4 Å². The van der Waals surface area contributed by atoms with E-state index in [4.69, 9.17) is 5.73 Å². The molecule has 2 aromatic rings. The van der Waals surface area contributed by atoms with Gasteiger partial charge >= 0.3 is 0 Å². The van der Waals surface area contributed by atoms with Gasteiger partial charge in [0.05, 0.1) is 12.2 Å². The van der Waals surface area contributed by atoms with Gasteiger partial charge in [-0.15, -0.1) is 0 Å². The second-order valence-electron chi connectivity index (χ2n) is 4.98. The number of hydrogen-bond acceptors (Lipinski definition) is 5. The minimum atomic E-state index is -0.405. The highest BCUT2D eigenvalue weighted by Crippen LogP contribution is 2.25. The van der Waals surface area contributed by atoms with E-state index in [1.165, 1.54) is 0 Å². The third-order valence-electron chi connectivity index (χ3n) is 3.72. The summed E-state index contributed by atoms with van der Waals surface area (Å²) in [5.41, 5.74) is 7.40. The molecule has 1 fully saturated rings. The van der Waals surface area contributed by atoms with E-state index in [1.807, 2.05) is 35.7 Å². The lowest BCUT2D eigenvalue weighted by Crippen LogP contribution is -2.58. The molecule has 2 aromatic heterocycles. The molecule has 7 heteroatoms. The standard InChI is InChI=1S/C14H17N5O2/c1-2-9-14(21)17-12(20)8-19(9)13-10(7-15)18-6-4-3-5-11(18)16-13/h3-6,9H,2,7-8,15H2,1H3,(H,17,20,21). The Morgan fingerprint density at radius 2 is 2.24 bits per heavy atom. The Morgan fingerprint density at radius 1 is 1.43 bits per heavy atom. The first-order chi connectivity index (χ1) is 10.2. The fourth-order valence-electron chi connectivity index (χ4n) is 2.75. The van der Waals surface area contributed by atoms with Crippen LogP contribution in [0.2, 0.25) is 0 Å². The zero-order valence-corrected chi connectivity index (χ0v) is 11.7. The molecular weight excluding hydrogens is 270 g/mol. The van der Waals surface area contributed by atoms with Gasteiger partial charge in [0, 0.05) is 12.7 Å². The number of nitrogens with zero attached hydrogens (tertiary/aromatic N) is 3. The Balaban J connectivity index is 2.13. The Bertz CT molecular complexity index is 708. The van der Waals surface area contributed by atoms with Crippen LogP contribution in [-0.2, 0) is 16.1 Å². The topological polar surface area (TPSA) is 92.7 Å². The van der Waals surface area contributed by atoms with Gasteiger partial charge < -0.3 is 15.0 Å². The van der Waals surface area contributed by atoms with Gasteiger partial charge in [-0.25, -0.2) is 4.98 Å². The van der Waals surface area contributed by atoms with Gasteiger partial charge in [0.25, 0.3) is 0 Å². The SMILES string of the molecule is CCC1C(=O)NC(=O)CN1c1nc2ccccn2c1CN. The number of carbonyl (C=O) groups is 2. The van der Waals surface area contributed by atoms with Crippen LogP contribution in [0, 0.1) is 0 Å². The molecule has 1 saturated heterocycles. The van der Waals surface area contributed by atoms with Crippen molar-refractivity contribution < 1.29 is 9.59 Å². The highest BCUT2D eigenvalue weighted by atomic mass is 16.2. The van der Waals surface area contributed by atoms with Crippen molar-refractivity contribution in [1.29, 1.82) is 0 Å². The summed E-state index contributed by atoms with van der Waals surface area (Å²) in [6.45, 7) is 2.30. The molecule has 0 bridgehead atoms. The van der Waals surface area contributed by atoms with Crippen LogP contribution >= 0.6 is 0 Å². The van der Waals surface area contributed by atoms with Gasteiger partial charge in [-0.05, 0) is 18.6 Å².